The highest BCUT2D eigenvalue weighted by Gasteiger charge is 2.23. The van der Waals surface area contributed by atoms with E-state index >= 15 is 0 Å². The molecule has 7 nitrogen and oxygen atoms in total. The first-order chi connectivity index (χ1) is 14.7. The topological polar surface area (TPSA) is 85.6 Å². The zero-order valence-electron chi connectivity index (χ0n) is 17.3. The van der Waals surface area contributed by atoms with E-state index in [9.17, 15) is 4.79 Å². The highest BCUT2D eigenvalue weighted by atomic mass is 32.2. The summed E-state index contributed by atoms with van der Waals surface area (Å²) in [4.78, 5) is 22.1. The van der Waals surface area contributed by atoms with Crippen molar-refractivity contribution in [3.63, 3.8) is 0 Å². The molecule has 0 saturated heterocycles. The molecule has 1 fully saturated rings. The van der Waals surface area contributed by atoms with Gasteiger partial charge in [0.2, 0.25) is 0 Å². The Hall–Kier alpha value is -2.26. The van der Waals surface area contributed by atoms with Crippen LogP contribution in [0.5, 0.6) is 0 Å². The molecule has 9 heteroatoms. The summed E-state index contributed by atoms with van der Waals surface area (Å²) in [5, 5.41) is 13.6. The lowest BCUT2D eigenvalue weighted by atomic mass is 10.2. The number of carbonyl (C=O) groups is 1. The molecular formula is C21H26N6OS2. The van der Waals surface area contributed by atoms with Gasteiger partial charge in [-0.25, -0.2) is 4.98 Å². The Morgan fingerprint density at radius 2 is 2.13 bits per heavy atom. The van der Waals surface area contributed by atoms with Crippen LogP contribution in [0.15, 0.2) is 29.6 Å². The van der Waals surface area contributed by atoms with Gasteiger partial charge in [-0.1, -0.05) is 30.7 Å². The Morgan fingerprint density at radius 3 is 2.87 bits per heavy atom. The lowest BCUT2D eigenvalue weighted by Gasteiger charge is -2.16. The normalized spacial score (nSPS) is 14.3. The summed E-state index contributed by atoms with van der Waals surface area (Å²) >= 11 is 3.04. The molecule has 0 spiro atoms. The van der Waals surface area contributed by atoms with Gasteiger partial charge in [-0.05, 0) is 44.6 Å². The fraction of sp³-hybridized carbons (Fsp3) is 0.476. The van der Waals surface area contributed by atoms with Crippen LogP contribution in [-0.4, -0.2) is 43.4 Å². The summed E-state index contributed by atoms with van der Waals surface area (Å²) in [6.07, 6.45) is 10.4. The van der Waals surface area contributed by atoms with E-state index in [0.717, 1.165) is 40.2 Å². The van der Waals surface area contributed by atoms with Crippen LogP contribution in [0.3, 0.4) is 0 Å². The van der Waals surface area contributed by atoms with E-state index in [1.165, 1.54) is 37.0 Å². The predicted octanol–water partition coefficient (Wildman–Crippen LogP) is 4.30. The molecule has 1 aliphatic rings. The summed E-state index contributed by atoms with van der Waals surface area (Å²) in [7, 11) is 0. The monoisotopic (exact) mass is 442 g/mol. The van der Waals surface area contributed by atoms with Crippen LogP contribution in [0.2, 0.25) is 0 Å². The molecule has 30 heavy (non-hydrogen) atoms. The number of nitrogens with zero attached hydrogens (tertiary/aromatic N) is 5. The molecule has 0 aromatic carbocycles. The first-order valence-electron chi connectivity index (χ1n) is 10.3. The third-order valence-electron chi connectivity index (χ3n) is 5.36. The molecule has 0 radical (unpaired) electrons. The number of thiazole rings is 1. The highest BCUT2D eigenvalue weighted by molar-refractivity contribution is 7.98. The van der Waals surface area contributed by atoms with E-state index in [1.54, 1.807) is 18.0 Å². The molecule has 1 aliphatic carbocycles. The molecule has 1 N–H and O–H groups in total. The minimum absolute atomic E-state index is 0.0748. The number of pyridine rings is 1. The van der Waals surface area contributed by atoms with Crippen molar-refractivity contribution in [2.75, 3.05) is 12.8 Å². The van der Waals surface area contributed by atoms with Crippen molar-refractivity contribution in [3.05, 3.63) is 40.8 Å². The Balaban J connectivity index is 1.34. The summed E-state index contributed by atoms with van der Waals surface area (Å²) in [5.41, 5.74) is 1.53. The average molecular weight is 443 g/mol. The second kappa shape index (κ2) is 9.70. The van der Waals surface area contributed by atoms with E-state index in [4.69, 9.17) is 0 Å². The van der Waals surface area contributed by atoms with E-state index in [2.05, 4.69) is 36.3 Å². The van der Waals surface area contributed by atoms with Crippen molar-refractivity contribution in [1.29, 1.82) is 0 Å². The van der Waals surface area contributed by atoms with Crippen LogP contribution in [0.4, 0.5) is 0 Å². The van der Waals surface area contributed by atoms with Gasteiger partial charge in [-0.2, -0.15) is 0 Å². The maximum atomic E-state index is 12.7. The molecule has 0 unspecified atom stereocenters. The van der Waals surface area contributed by atoms with Crippen molar-refractivity contribution >= 4 is 29.0 Å². The maximum absolute atomic E-state index is 12.7. The molecule has 3 heterocycles. The molecule has 0 aliphatic heterocycles. The number of aromatic nitrogens is 5. The Morgan fingerprint density at radius 1 is 1.30 bits per heavy atom. The average Bonchev–Trinajstić information content (AvgIpc) is 3.51. The third kappa shape index (κ3) is 4.57. The van der Waals surface area contributed by atoms with E-state index in [0.29, 0.717) is 17.5 Å². The molecule has 0 bridgehead atoms. The maximum Gasteiger partial charge on any atom is 0.263 e. The van der Waals surface area contributed by atoms with Gasteiger partial charge in [-0.3, -0.25) is 9.78 Å². The standard InChI is InChI=1S/C21H26N6OS2/c1-14-18(30-20(24-14)16-10-5-6-12-22-16)19(28)23-13-7-11-17-25-26-21(29-2)27(17)15-8-3-4-9-15/h5-6,10,12,15H,3-4,7-9,11,13H2,1-2H3,(H,23,28). The summed E-state index contributed by atoms with van der Waals surface area (Å²) < 4.78 is 2.33. The summed E-state index contributed by atoms with van der Waals surface area (Å²) in [5.74, 6) is 0.959. The third-order valence-corrected chi connectivity index (χ3v) is 7.18. The number of amides is 1. The largest absolute Gasteiger partial charge is 0.351 e. The van der Waals surface area contributed by atoms with Gasteiger partial charge in [0.25, 0.3) is 5.91 Å². The minimum Gasteiger partial charge on any atom is -0.351 e. The van der Waals surface area contributed by atoms with E-state index < -0.39 is 0 Å². The smallest absolute Gasteiger partial charge is 0.263 e. The van der Waals surface area contributed by atoms with Crippen molar-refractivity contribution in [2.24, 2.45) is 0 Å². The van der Waals surface area contributed by atoms with E-state index in [-0.39, 0.29) is 5.91 Å². The van der Waals surface area contributed by atoms with Crippen LogP contribution in [0.25, 0.3) is 10.7 Å². The molecular weight excluding hydrogens is 416 g/mol. The number of hydrogen-bond acceptors (Lipinski definition) is 7. The van der Waals surface area contributed by atoms with E-state index in [1.807, 2.05) is 25.1 Å². The SMILES string of the molecule is CSc1nnc(CCCNC(=O)c2sc(-c3ccccn3)nc2C)n1C1CCCC1. The van der Waals surface area contributed by atoms with Gasteiger partial charge in [0.1, 0.15) is 15.7 Å². The van der Waals surface area contributed by atoms with Crippen LogP contribution >= 0.6 is 23.1 Å². The van der Waals surface area contributed by atoms with Gasteiger partial charge in [0, 0.05) is 25.2 Å². The van der Waals surface area contributed by atoms with Crippen molar-refractivity contribution in [1.82, 2.24) is 30.0 Å². The van der Waals surface area contributed by atoms with Gasteiger partial charge in [-0.15, -0.1) is 21.5 Å². The molecule has 3 aromatic heterocycles. The van der Waals surface area contributed by atoms with Gasteiger partial charge in [0.05, 0.1) is 11.4 Å². The second-order valence-corrected chi connectivity index (χ2v) is 9.19. The van der Waals surface area contributed by atoms with Gasteiger partial charge >= 0.3 is 0 Å². The van der Waals surface area contributed by atoms with Crippen LogP contribution in [0.1, 0.15) is 59.3 Å². The zero-order valence-corrected chi connectivity index (χ0v) is 18.9. The van der Waals surface area contributed by atoms with Crippen LogP contribution in [0, 0.1) is 6.92 Å². The van der Waals surface area contributed by atoms with Crippen LogP contribution < -0.4 is 5.32 Å². The number of carbonyl (C=O) groups excluding carboxylic acids is 1. The number of thioether (sulfide) groups is 1. The lowest BCUT2D eigenvalue weighted by molar-refractivity contribution is 0.0956. The summed E-state index contributed by atoms with van der Waals surface area (Å²) in [6.45, 7) is 2.47. The second-order valence-electron chi connectivity index (χ2n) is 7.42. The lowest BCUT2D eigenvalue weighted by Crippen LogP contribution is -2.25. The number of rotatable bonds is 8. The van der Waals surface area contributed by atoms with Gasteiger partial charge < -0.3 is 9.88 Å². The molecule has 3 aromatic rings. The molecule has 4 rings (SSSR count). The number of nitrogens with one attached hydrogen (secondary N) is 1. The Labute approximate surface area is 184 Å². The first-order valence-corrected chi connectivity index (χ1v) is 12.4. The van der Waals surface area contributed by atoms with Gasteiger partial charge in [0.15, 0.2) is 5.16 Å². The number of aryl methyl sites for hydroxylation is 2. The highest BCUT2D eigenvalue weighted by Crippen LogP contribution is 2.33. The molecule has 1 saturated carbocycles. The zero-order chi connectivity index (χ0) is 20.9. The van der Waals surface area contributed by atoms with Crippen molar-refractivity contribution in [3.8, 4) is 10.7 Å². The minimum atomic E-state index is -0.0748. The van der Waals surface area contributed by atoms with Crippen LogP contribution in [-0.2, 0) is 6.42 Å². The molecule has 0 atom stereocenters. The fourth-order valence-corrected chi connectivity index (χ4v) is 5.41. The van der Waals surface area contributed by atoms with Crippen molar-refractivity contribution in [2.45, 2.75) is 56.6 Å². The van der Waals surface area contributed by atoms with Crippen molar-refractivity contribution < 1.29 is 4.79 Å². The Bertz CT molecular complexity index is 994. The quantitative estimate of drug-likeness (QED) is 0.413. The fourth-order valence-electron chi connectivity index (χ4n) is 3.88. The number of hydrogen-bond donors (Lipinski definition) is 1. The predicted molar refractivity (Wildman–Crippen MR) is 120 cm³/mol. The molecule has 1 amide bonds. The summed E-state index contributed by atoms with van der Waals surface area (Å²) in [6, 6.07) is 6.22. The first kappa shape index (κ1) is 21.0. The molecule has 158 valence electrons. The Kier molecular flexibility index (Phi) is 6.79.